The summed E-state index contributed by atoms with van der Waals surface area (Å²) in [6, 6.07) is 6.28. The van der Waals surface area contributed by atoms with Gasteiger partial charge in [-0.25, -0.2) is 12.7 Å². The van der Waals surface area contributed by atoms with Crippen LogP contribution in [0.1, 0.15) is 30.0 Å². The number of rotatable bonds is 7. The van der Waals surface area contributed by atoms with Gasteiger partial charge in [0.05, 0.1) is 5.75 Å². The van der Waals surface area contributed by atoms with Crippen molar-refractivity contribution in [3.63, 3.8) is 0 Å². The molecule has 1 aromatic rings. The fraction of sp³-hybridized carbons (Fsp3) is 0.562. The minimum absolute atomic E-state index is 0.0162. The van der Waals surface area contributed by atoms with E-state index >= 15 is 0 Å². The van der Waals surface area contributed by atoms with Crippen molar-refractivity contribution in [1.29, 1.82) is 0 Å². The molecule has 1 aromatic carbocycles. The van der Waals surface area contributed by atoms with Gasteiger partial charge in [-0.3, -0.25) is 4.79 Å². The second kappa shape index (κ2) is 7.74. The molecule has 0 aliphatic heterocycles. The second-order valence-corrected chi connectivity index (χ2v) is 8.32. The third-order valence-electron chi connectivity index (χ3n) is 3.37. The molecule has 0 aliphatic carbocycles. The van der Waals surface area contributed by atoms with Crippen LogP contribution in [0.3, 0.4) is 0 Å². The molecule has 1 N–H and O–H groups in total. The van der Waals surface area contributed by atoms with Crippen LogP contribution in [0.25, 0.3) is 0 Å². The number of benzene rings is 1. The lowest BCUT2D eigenvalue weighted by atomic mass is 10.0. The Kier molecular flexibility index (Phi) is 6.56. The Bertz CT molecular complexity index is 604. The Morgan fingerprint density at radius 2 is 1.73 bits per heavy atom. The van der Waals surface area contributed by atoms with Crippen molar-refractivity contribution >= 4 is 15.9 Å². The SMILES string of the molecule is Cc1cc(C)cc(C[C@H](C)NC(=O)CCS(=O)(=O)N(C)C)c1. The molecule has 0 spiro atoms. The molecule has 0 saturated carbocycles. The van der Waals surface area contributed by atoms with E-state index in [9.17, 15) is 13.2 Å². The van der Waals surface area contributed by atoms with Crippen molar-refractivity contribution in [1.82, 2.24) is 9.62 Å². The van der Waals surface area contributed by atoms with Crippen molar-refractivity contribution in [3.05, 3.63) is 34.9 Å². The molecule has 124 valence electrons. The molecule has 0 fully saturated rings. The van der Waals surface area contributed by atoms with Gasteiger partial charge in [0.15, 0.2) is 0 Å². The van der Waals surface area contributed by atoms with E-state index in [1.165, 1.54) is 30.8 Å². The molecule has 1 amide bonds. The fourth-order valence-electron chi connectivity index (χ4n) is 2.34. The van der Waals surface area contributed by atoms with Crippen LogP contribution in [-0.4, -0.2) is 44.5 Å². The van der Waals surface area contributed by atoms with Crippen LogP contribution in [0.5, 0.6) is 0 Å². The summed E-state index contributed by atoms with van der Waals surface area (Å²) >= 11 is 0. The first-order valence-corrected chi connectivity index (χ1v) is 8.98. The molecule has 5 nitrogen and oxygen atoms in total. The Hall–Kier alpha value is -1.40. The van der Waals surface area contributed by atoms with Crippen LogP contribution in [0, 0.1) is 13.8 Å². The summed E-state index contributed by atoms with van der Waals surface area (Å²) in [4.78, 5) is 11.9. The number of aryl methyl sites for hydroxylation is 2. The van der Waals surface area contributed by atoms with Crippen molar-refractivity contribution < 1.29 is 13.2 Å². The van der Waals surface area contributed by atoms with Gasteiger partial charge in [0.1, 0.15) is 0 Å². The highest BCUT2D eigenvalue weighted by molar-refractivity contribution is 7.89. The Balaban J connectivity index is 2.51. The lowest BCUT2D eigenvalue weighted by Crippen LogP contribution is -2.36. The highest BCUT2D eigenvalue weighted by atomic mass is 32.2. The molecule has 0 aliphatic rings. The normalized spacial score (nSPS) is 13.2. The van der Waals surface area contributed by atoms with E-state index in [2.05, 4.69) is 23.5 Å². The molecule has 0 radical (unpaired) electrons. The number of carbonyl (C=O) groups excluding carboxylic acids is 1. The largest absolute Gasteiger partial charge is 0.353 e. The Morgan fingerprint density at radius 1 is 1.18 bits per heavy atom. The second-order valence-electron chi connectivity index (χ2n) is 6.02. The van der Waals surface area contributed by atoms with E-state index in [1.807, 2.05) is 20.8 Å². The number of hydrogen-bond donors (Lipinski definition) is 1. The van der Waals surface area contributed by atoms with Crippen LogP contribution in [0.4, 0.5) is 0 Å². The van der Waals surface area contributed by atoms with Crippen LogP contribution in [-0.2, 0) is 21.2 Å². The van der Waals surface area contributed by atoms with Gasteiger partial charge >= 0.3 is 0 Å². The predicted molar refractivity (Wildman–Crippen MR) is 89.3 cm³/mol. The van der Waals surface area contributed by atoms with Gasteiger partial charge in [0, 0.05) is 26.6 Å². The van der Waals surface area contributed by atoms with Crippen LogP contribution < -0.4 is 5.32 Å². The average Bonchev–Trinajstić information content (AvgIpc) is 2.34. The molecular weight excluding hydrogens is 300 g/mol. The van der Waals surface area contributed by atoms with Gasteiger partial charge < -0.3 is 5.32 Å². The standard InChI is InChI=1S/C16H26N2O3S/c1-12-8-13(2)10-15(9-12)11-14(3)17-16(19)6-7-22(20,21)18(4)5/h8-10,14H,6-7,11H2,1-5H3,(H,17,19)/t14-/m0/s1. The summed E-state index contributed by atoms with van der Waals surface area (Å²) in [6.45, 7) is 6.02. The zero-order valence-corrected chi connectivity index (χ0v) is 14.8. The molecule has 22 heavy (non-hydrogen) atoms. The summed E-state index contributed by atoms with van der Waals surface area (Å²) in [5.41, 5.74) is 3.57. The van der Waals surface area contributed by atoms with Crippen LogP contribution in [0.2, 0.25) is 0 Å². The highest BCUT2D eigenvalue weighted by Crippen LogP contribution is 2.11. The number of amides is 1. The maximum absolute atomic E-state index is 11.9. The topological polar surface area (TPSA) is 66.5 Å². The number of carbonyl (C=O) groups is 1. The van der Waals surface area contributed by atoms with Gasteiger partial charge in [-0.15, -0.1) is 0 Å². The van der Waals surface area contributed by atoms with E-state index in [4.69, 9.17) is 0 Å². The summed E-state index contributed by atoms with van der Waals surface area (Å²) in [7, 11) is -0.390. The lowest BCUT2D eigenvalue weighted by Gasteiger charge is -2.16. The fourth-order valence-corrected chi connectivity index (χ4v) is 3.15. The van der Waals surface area contributed by atoms with E-state index in [1.54, 1.807) is 0 Å². The first kappa shape index (κ1) is 18.6. The van der Waals surface area contributed by atoms with Crippen molar-refractivity contribution in [3.8, 4) is 0 Å². The molecule has 1 rings (SSSR count). The van der Waals surface area contributed by atoms with E-state index < -0.39 is 10.0 Å². The summed E-state index contributed by atoms with van der Waals surface area (Å²) in [6.07, 6.45) is 0.715. The predicted octanol–water partition coefficient (Wildman–Crippen LogP) is 1.63. The minimum atomic E-state index is -3.33. The van der Waals surface area contributed by atoms with Gasteiger partial charge in [-0.05, 0) is 32.8 Å². The van der Waals surface area contributed by atoms with Crippen LogP contribution >= 0.6 is 0 Å². The third-order valence-corrected chi connectivity index (χ3v) is 5.21. The number of nitrogens with zero attached hydrogens (tertiary/aromatic N) is 1. The molecule has 0 heterocycles. The Labute approximate surface area is 133 Å². The van der Waals surface area contributed by atoms with Gasteiger partial charge in [0.25, 0.3) is 0 Å². The summed E-state index contributed by atoms with van der Waals surface area (Å²) < 4.78 is 24.4. The summed E-state index contributed by atoms with van der Waals surface area (Å²) in [5.74, 6) is -0.399. The molecule has 0 aromatic heterocycles. The molecule has 1 atom stereocenters. The van der Waals surface area contributed by atoms with Crippen LogP contribution in [0.15, 0.2) is 18.2 Å². The third kappa shape index (κ3) is 6.15. The van der Waals surface area contributed by atoms with E-state index in [0.29, 0.717) is 0 Å². The molecule has 0 unspecified atom stereocenters. The van der Waals surface area contributed by atoms with Crippen molar-refractivity contribution in [2.45, 2.75) is 39.7 Å². The van der Waals surface area contributed by atoms with E-state index in [0.717, 1.165) is 10.7 Å². The maximum atomic E-state index is 11.9. The van der Waals surface area contributed by atoms with Crippen molar-refractivity contribution in [2.24, 2.45) is 0 Å². The van der Waals surface area contributed by atoms with Gasteiger partial charge in [-0.1, -0.05) is 29.3 Å². The quantitative estimate of drug-likeness (QED) is 0.828. The molecule has 6 heteroatoms. The number of nitrogens with one attached hydrogen (secondary N) is 1. The monoisotopic (exact) mass is 326 g/mol. The first-order valence-electron chi connectivity index (χ1n) is 7.37. The highest BCUT2D eigenvalue weighted by Gasteiger charge is 2.16. The average molecular weight is 326 g/mol. The summed E-state index contributed by atoms with van der Waals surface area (Å²) in [5, 5.41) is 2.86. The van der Waals surface area contributed by atoms with Gasteiger partial charge in [-0.2, -0.15) is 0 Å². The number of sulfonamides is 1. The molecular formula is C16H26N2O3S. The van der Waals surface area contributed by atoms with E-state index in [-0.39, 0.29) is 24.1 Å². The molecule has 0 saturated heterocycles. The molecule has 0 bridgehead atoms. The first-order chi connectivity index (χ1) is 10.1. The Morgan fingerprint density at radius 3 is 2.23 bits per heavy atom. The number of hydrogen-bond acceptors (Lipinski definition) is 3. The lowest BCUT2D eigenvalue weighted by molar-refractivity contribution is -0.121. The zero-order valence-electron chi connectivity index (χ0n) is 14.0. The maximum Gasteiger partial charge on any atom is 0.221 e. The van der Waals surface area contributed by atoms with Gasteiger partial charge in [0.2, 0.25) is 15.9 Å². The minimum Gasteiger partial charge on any atom is -0.353 e. The zero-order chi connectivity index (χ0) is 16.9. The van der Waals surface area contributed by atoms with Crippen molar-refractivity contribution in [2.75, 3.05) is 19.8 Å². The smallest absolute Gasteiger partial charge is 0.221 e.